The van der Waals surface area contributed by atoms with Crippen LogP contribution in [0.1, 0.15) is 42.6 Å². The Labute approximate surface area is 137 Å². The van der Waals surface area contributed by atoms with Crippen LogP contribution in [0.15, 0.2) is 22.7 Å². The second-order valence-electron chi connectivity index (χ2n) is 5.58. The van der Waals surface area contributed by atoms with Gasteiger partial charge in [-0.15, -0.1) is 0 Å². The molecule has 2 heterocycles. The third-order valence-corrected chi connectivity index (χ3v) is 3.76. The molecule has 24 heavy (non-hydrogen) atoms. The number of benzene rings is 1. The largest absolute Gasteiger partial charge is 0.368 e. The van der Waals surface area contributed by atoms with Gasteiger partial charge >= 0.3 is 0 Å². The highest BCUT2D eigenvalue weighted by molar-refractivity contribution is 5.76. The molecule has 1 aliphatic rings. The van der Waals surface area contributed by atoms with E-state index in [-0.39, 0.29) is 25.0 Å². The summed E-state index contributed by atoms with van der Waals surface area (Å²) in [6, 6.07) is 3.60. The zero-order valence-electron chi connectivity index (χ0n) is 12.9. The second-order valence-corrected chi connectivity index (χ2v) is 5.58. The molecule has 128 valence electrons. The molecule has 0 unspecified atom stereocenters. The van der Waals surface area contributed by atoms with Gasteiger partial charge in [-0.25, -0.2) is 8.78 Å². The van der Waals surface area contributed by atoms with Crippen molar-refractivity contribution in [3.63, 3.8) is 0 Å². The van der Waals surface area contributed by atoms with E-state index in [1.165, 1.54) is 6.07 Å². The molecule has 0 radical (unpaired) electrons. The standard InChI is InChI=1S/C16H17F2N3O3/c17-11-5-3-10(8-12(11)18)4-6-15(22)19-9-14-20-16(24-21-14)13-2-1-7-23-13/h3,5,8,13H,1-2,4,6-7,9H2,(H,19,22)/t13-/m1/s1. The van der Waals surface area contributed by atoms with Crippen LogP contribution in [0.5, 0.6) is 0 Å². The lowest BCUT2D eigenvalue weighted by Crippen LogP contribution is -2.23. The Morgan fingerprint density at radius 1 is 1.33 bits per heavy atom. The number of hydrogen-bond donors (Lipinski definition) is 1. The van der Waals surface area contributed by atoms with Crippen molar-refractivity contribution in [2.75, 3.05) is 6.61 Å². The van der Waals surface area contributed by atoms with Crippen LogP contribution >= 0.6 is 0 Å². The lowest BCUT2D eigenvalue weighted by molar-refractivity contribution is -0.121. The molecule has 3 rings (SSSR count). The van der Waals surface area contributed by atoms with E-state index in [2.05, 4.69) is 15.5 Å². The van der Waals surface area contributed by atoms with Crippen LogP contribution in [0.3, 0.4) is 0 Å². The van der Waals surface area contributed by atoms with E-state index in [4.69, 9.17) is 9.26 Å². The van der Waals surface area contributed by atoms with E-state index >= 15 is 0 Å². The Bertz CT molecular complexity index is 714. The van der Waals surface area contributed by atoms with Crippen molar-refractivity contribution >= 4 is 5.91 Å². The van der Waals surface area contributed by atoms with Crippen molar-refractivity contribution in [3.8, 4) is 0 Å². The molecule has 1 amide bonds. The zero-order valence-corrected chi connectivity index (χ0v) is 12.9. The Morgan fingerprint density at radius 3 is 2.96 bits per heavy atom. The number of amides is 1. The number of nitrogens with one attached hydrogen (secondary N) is 1. The molecule has 6 nitrogen and oxygen atoms in total. The summed E-state index contributed by atoms with van der Waals surface area (Å²) in [6.07, 6.45) is 2.12. The number of aryl methyl sites for hydroxylation is 1. The lowest BCUT2D eigenvalue weighted by Gasteiger charge is -2.04. The SMILES string of the molecule is O=C(CCc1ccc(F)c(F)c1)NCc1noc([C@H]2CCCO2)n1. The van der Waals surface area contributed by atoms with Gasteiger partial charge in [-0.2, -0.15) is 4.98 Å². The number of nitrogens with zero attached hydrogens (tertiary/aromatic N) is 2. The van der Waals surface area contributed by atoms with E-state index in [9.17, 15) is 13.6 Å². The second kappa shape index (κ2) is 7.48. The number of halogens is 2. The summed E-state index contributed by atoms with van der Waals surface area (Å²) in [6.45, 7) is 0.829. The molecule has 0 spiro atoms. The first kappa shape index (κ1) is 16.5. The molecule has 1 aromatic carbocycles. The Kier molecular flexibility index (Phi) is 5.14. The van der Waals surface area contributed by atoms with E-state index in [0.29, 0.717) is 30.3 Å². The first-order chi connectivity index (χ1) is 11.6. The predicted octanol–water partition coefficient (Wildman–Crippen LogP) is 2.45. The van der Waals surface area contributed by atoms with Gasteiger partial charge in [0.1, 0.15) is 6.10 Å². The minimum absolute atomic E-state index is 0.146. The van der Waals surface area contributed by atoms with Crippen LogP contribution < -0.4 is 5.32 Å². The van der Waals surface area contributed by atoms with Gasteiger partial charge in [0.2, 0.25) is 5.91 Å². The monoisotopic (exact) mass is 337 g/mol. The highest BCUT2D eigenvalue weighted by atomic mass is 19.2. The Balaban J connectivity index is 1.44. The summed E-state index contributed by atoms with van der Waals surface area (Å²) < 4.78 is 36.5. The minimum atomic E-state index is -0.915. The molecule has 0 aliphatic carbocycles. The smallest absolute Gasteiger partial charge is 0.255 e. The first-order valence-electron chi connectivity index (χ1n) is 7.76. The average molecular weight is 337 g/mol. The van der Waals surface area contributed by atoms with Crippen LogP contribution in [0.25, 0.3) is 0 Å². The normalized spacial score (nSPS) is 17.2. The van der Waals surface area contributed by atoms with Crippen LogP contribution in [0, 0.1) is 11.6 Å². The van der Waals surface area contributed by atoms with Gasteiger partial charge in [0.15, 0.2) is 17.5 Å². The Hall–Kier alpha value is -2.35. The first-order valence-corrected chi connectivity index (χ1v) is 7.76. The van der Waals surface area contributed by atoms with Gasteiger partial charge in [0.25, 0.3) is 5.89 Å². The summed E-state index contributed by atoms with van der Waals surface area (Å²) >= 11 is 0. The fourth-order valence-electron chi connectivity index (χ4n) is 2.46. The molecular formula is C16H17F2N3O3. The van der Waals surface area contributed by atoms with Crippen LogP contribution in [0.4, 0.5) is 8.78 Å². The summed E-state index contributed by atoms with van der Waals surface area (Å²) in [5.74, 6) is -1.24. The maximum absolute atomic E-state index is 13.1. The highest BCUT2D eigenvalue weighted by Gasteiger charge is 2.23. The highest BCUT2D eigenvalue weighted by Crippen LogP contribution is 2.26. The fourth-order valence-corrected chi connectivity index (χ4v) is 2.46. The van der Waals surface area contributed by atoms with Crippen LogP contribution in [-0.2, 0) is 22.5 Å². The molecule has 1 saturated heterocycles. The van der Waals surface area contributed by atoms with Crippen molar-refractivity contribution < 1.29 is 22.8 Å². The number of aromatic nitrogens is 2. The van der Waals surface area contributed by atoms with Crippen molar-refractivity contribution in [3.05, 3.63) is 47.1 Å². The molecule has 2 aromatic rings. The van der Waals surface area contributed by atoms with Gasteiger partial charge in [0.05, 0.1) is 6.54 Å². The van der Waals surface area contributed by atoms with Gasteiger partial charge in [-0.1, -0.05) is 11.2 Å². The number of hydrogen-bond acceptors (Lipinski definition) is 5. The van der Waals surface area contributed by atoms with Crippen LogP contribution in [0.2, 0.25) is 0 Å². The van der Waals surface area contributed by atoms with Crippen molar-refractivity contribution in [1.82, 2.24) is 15.5 Å². The summed E-state index contributed by atoms with van der Waals surface area (Å²) in [5.41, 5.74) is 0.560. The van der Waals surface area contributed by atoms with E-state index in [1.54, 1.807) is 0 Å². The predicted molar refractivity (Wildman–Crippen MR) is 78.8 cm³/mol. The van der Waals surface area contributed by atoms with Gasteiger partial charge in [0, 0.05) is 13.0 Å². The molecule has 1 aromatic heterocycles. The number of carbonyl (C=O) groups is 1. The quantitative estimate of drug-likeness (QED) is 0.876. The summed E-state index contributed by atoms with van der Waals surface area (Å²) in [7, 11) is 0. The number of ether oxygens (including phenoxy) is 1. The van der Waals surface area contributed by atoms with E-state index in [0.717, 1.165) is 25.0 Å². The third kappa shape index (κ3) is 4.14. The topological polar surface area (TPSA) is 77.2 Å². The number of carbonyl (C=O) groups excluding carboxylic acids is 1. The summed E-state index contributed by atoms with van der Waals surface area (Å²) in [5, 5.41) is 6.47. The molecule has 1 atom stereocenters. The maximum atomic E-state index is 13.1. The summed E-state index contributed by atoms with van der Waals surface area (Å²) in [4.78, 5) is 16.0. The molecule has 1 N–H and O–H groups in total. The fraction of sp³-hybridized carbons (Fsp3) is 0.438. The van der Waals surface area contributed by atoms with E-state index < -0.39 is 11.6 Å². The minimum Gasteiger partial charge on any atom is -0.368 e. The van der Waals surface area contributed by atoms with Gasteiger partial charge in [-0.3, -0.25) is 4.79 Å². The van der Waals surface area contributed by atoms with Gasteiger partial charge < -0.3 is 14.6 Å². The number of rotatable bonds is 6. The molecule has 1 aliphatic heterocycles. The molecular weight excluding hydrogens is 320 g/mol. The molecule has 8 heteroatoms. The lowest BCUT2D eigenvalue weighted by atomic mass is 10.1. The average Bonchev–Trinajstić information content (AvgIpc) is 3.25. The molecule has 0 saturated carbocycles. The zero-order chi connectivity index (χ0) is 16.9. The van der Waals surface area contributed by atoms with Gasteiger partial charge in [-0.05, 0) is 37.0 Å². The van der Waals surface area contributed by atoms with E-state index in [1.807, 2.05) is 0 Å². The van der Waals surface area contributed by atoms with Crippen molar-refractivity contribution in [2.24, 2.45) is 0 Å². The van der Waals surface area contributed by atoms with Crippen LogP contribution in [-0.4, -0.2) is 22.7 Å². The van der Waals surface area contributed by atoms with Crippen molar-refractivity contribution in [1.29, 1.82) is 0 Å². The molecule has 0 bridgehead atoms. The third-order valence-electron chi connectivity index (χ3n) is 3.76. The Morgan fingerprint density at radius 2 is 2.21 bits per heavy atom. The van der Waals surface area contributed by atoms with Crippen molar-refractivity contribution in [2.45, 2.75) is 38.3 Å². The maximum Gasteiger partial charge on any atom is 0.255 e. The molecule has 1 fully saturated rings.